The molecular weight excluding hydrogens is 354 g/mol. The van der Waals surface area contributed by atoms with Gasteiger partial charge in [0, 0.05) is 18.5 Å². The smallest absolute Gasteiger partial charge is 0.240 e. The van der Waals surface area contributed by atoms with Crippen molar-refractivity contribution < 1.29 is 14.3 Å². The molecule has 0 saturated heterocycles. The second kappa shape index (κ2) is 10.9. The lowest BCUT2D eigenvalue weighted by Gasteiger charge is -2.07. The summed E-state index contributed by atoms with van der Waals surface area (Å²) in [6.45, 7) is 6.77. The Bertz CT molecular complexity index is 797. The summed E-state index contributed by atoms with van der Waals surface area (Å²) in [7, 11) is 0. The van der Waals surface area contributed by atoms with Crippen LogP contribution in [0.1, 0.15) is 50.7 Å². The van der Waals surface area contributed by atoms with Crippen molar-refractivity contribution in [3.05, 3.63) is 59.7 Å². The van der Waals surface area contributed by atoms with Crippen LogP contribution in [0.5, 0.6) is 5.75 Å². The van der Waals surface area contributed by atoms with Gasteiger partial charge in [-0.15, -0.1) is 0 Å². The molecule has 28 heavy (non-hydrogen) atoms. The number of hydrogen-bond donors (Lipinski definition) is 2. The minimum atomic E-state index is -0.308. The fourth-order valence-electron chi connectivity index (χ4n) is 2.45. The van der Waals surface area contributed by atoms with Gasteiger partial charge in [-0.25, -0.2) is 5.43 Å². The van der Waals surface area contributed by atoms with Gasteiger partial charge >= 0.3 is 0 Å². The summed E-state index contributed by atoms with van der Waals surface area (Å²) >= 11 is 0. The molecule has 0 heterocycles. The highest BCUT2D eigenvalue weighted by Crippen LogP contribution is 2.16. The van der Waals surface area contributed by atoms with Crippen molar-refractivity contribution in [2.45, 2.75) is 39.5 Å². The van der Waals surface area contributed by atoms with Crippen LogP contribution < -0.4 is 15.5 Å². The Hall–Kier alpha value is -3.15. The van der Waals surface area contributed by atoms with Crippen molar-refractivity contribution in [3.8, 4) is 5.75 Å². The van der Waals surface area contributed by atoms with Crippen LogP contribution in [0, 0.1) is 0 Å². The summed E-state index contributed by atoms with van der Waals surface area (Å²) in [5.41, 5.74) is 5.26. The topological polar surface area (TPSA) is 79.8 Å². The van der Waals surface area contributed by atoms with Crippen LogP contribution in [-0.2, 0) is 9.59 Å². The van der Waals surface area contributed by atoms with Crippen molar-refractivity contribution in [3.63, 3.8) is 0 Å². The van der Waals surface area contributed by atoms with Crippen LogP contribution in [0.15, 0.2) is 53.6 Å². The summed E-state index contributed by atoms with van der Waals surface area (Å²) in [5, 5.41) is 6.68. The maximum Gasteiger partial charge on any atom is 0.240 e. The Labute approximate surface area is 166 Å². The van der Waals surface area contributed by atoms with E-state index in [9.17, 15) is 9.59 Å². The molecule has 6 nitrogen and oxygen atoms in total. The molecule has 0 bridgehead atoms. The maximum absolute atomic E-state index is 11.9. The molecule has 0 spiro atoms. The molecular formula is C22H27N3O3. The molecule has 0 aromatic heterocycles. The van der Waals surface area contributed by atoms with Crippen molar-refractivity contribution in [2.24, 2.45) is 5.10 Å². The average Bonchev–Trinajstić information content (AvgIpc) is 2.68. The Morgan fingerprint density at radius 1 is 1.00 bits per heavy atom. The maximum atomic E-state index is 11.9. The fourth-order valence-corrected chi connectivity index (χ4v) is 2.45. The van der Waals surface area contributed by atoms with Crippen LogP contribution in [0.3, 0.4) is 0 Å². The van der Waals surface area contributed by atoms with Crippen LogP contribution in [0.25, 0.3) is 0 Å². The molecule has 148 valence electrons. The molecule has 0 atom stereocenters. The third-order valence-electron chi connectivity index (χ3n) is 4.03. The number of amides is 2. The minimum Gasteiger partial charge on any atom is -0.494 e. The van der Waals surface area contributed by atoms with Crippen molar-refractivity contribution in [1.29, 1.82) is 0 Å². The standard InChI is InChI=1S/C22H27N3O3/c1-4-28-20-11-9-19(10-12-20)24-21(26)13-14-22(27)25-23-15-17-5-7-18(8-6-17)16(2)3/h5-12,15-16H,4,13-14H2,1-3H3,(H,24,26)(H,25,27). The van der Waals surface area contributed by atoms with E-state index in [1.54, 1.807) is 30.5 Å². The van der Waals surface area contributed by atoms with E-state index < -0.39 is 0 Å². The van der Waals surface area contributed by atoms with Gasteiger partial charge in [0.05, 0.1) is 12.8 Å². The van der Waals surface area contributed by atoms with Crippen LogP contribution >= 0.6 is 0 Å². The lowest BCUT2D eigenvalue weighted by atomic mass is 10.0. The molecule has 0 aliphatic carbocycles. The predicted molar refractivity (Wildman–Crippen MR) is 112 cm³/mol. The number of benzene rings is 2. The number of rotatable bonds is 9. The van der Waals surface area contributed by atoms with E-state index in [2.05, 4.69) is 29.7 Å². The van der Waals surface area contributed by atoms with Gasteiger partial charge in [0.25, 0.3) is 0 Å². The third-order valence-corrected chi connectivity index (χ3v) is 4.03. The molecule has 2 rings (SSSR count). The number of carbonyl (C=O) groups excluding carboxylic acids is 2. The SMILES string of the molecule is CCOc1ccc(NC(=O)CCC(=O)NN=Cc2ccc(C(C)C)cc2)cc1. The third kappa shape index (κ3) is 7.23. The Balaban J connectivity index is 1.71. The molecule has 0 aliphatic heterocycles. The van der Waals surface area contributed by atoms with Crippen LogP contribution in [-0.4, -0.2) is 24.6 Å². The zero-order valence-electron chi connectivity index (χ0n) is 16.6. The molecule has 0 radical (unpaired) electrons. The molecule has 6 heteroatoms. The first-order valence-corrected chi connectivity index (χ1v) is 9.42. The summed E-state index contributed by atoms with van der Waals surface area (Å²) in [4.78, 5) is 23.8. The van der Waals surface area contributed by atoms with E-state index in [1.807, 2.05) is 31.2 Å². The van der Waals surface area contributed by atoms with Gasteiger partial charge < -0.3 is 10.1 Å². The molecule has 2 aromatic rings. The summed E-state index contributed by atoms with van der Waals surface area (Å²) in [5.74, 6) is 0.681. The first kappa shape index (κ1) is 21.2. The molecule has 2 N–H and O–H groups in total. The number of nitrogens with one attached hydrogen (secondary N) is 2. The van der Waals surface area contributed by atoms with Crippen LogP contribution in [0.4, 0.5) is 5.69 Å². The first-order chi connectivity index (χ1) is 13.5. The summed E-state index contributed by atoms with van der Waals surface area (Å²) in [6, 6.07) is 15.1. The lowest BCUT2D eigenvalue weighted by molar-refractivity contribution is -0.124. The molecule has 0 aliphatic rings. The number of ether oxygens (including phenoxy) is 1. The normalized spacial score (nSPS) is 10.9. The Kier molecular flexibility index (Phi) is 8.21. The second-order valence-electron chi connectivity index (χ2n) is 6.62. The van der Waals surface area contributed by atoms with Crippen molar-refractivity contribution in [1.82, 2.24) is 5.43 Å². The van der Waals surface area contributed by atoms with E-state index in [1.165, 1.54) is 5.56 Å². The zero-order chi connectivity index (χ0) is 20.4. The predicted octanol–water partition coefficient (Wildman–Crippen LogP) is 4.08. The highest BCUT2D eigenvalue weighted by atomic mass is 16.5. The van der Waals surface area contributed by atoms with Gasteiger partial charge in [-0.1, -0.05) is 38.1 Å². The number of hydrazone groups is 1. The number of hydrogen-bond acceptors (Lipinski definition) is 4. The summed E-state index contributed by atoms with van der Waals surface area (Å²) < 4.78 is 5.35. The van der Waals surface area contributed by atoms with Gasteiger partial charge in [0.15, 0.2) is 0 Å². The zero-order valence-corrected chi connectivity index (χ0v) is 16.6. The molecule has 2 amide bonds. The number of carbonyl (C=O) groups is 2. The average molecular weight is 381 g/mol. The van der Waals surface area contributed by atoms with Gasteiger partial charge in [0.1, 0.15) is 5.75 Å². The van der Waals surface area contributed by atoms with Gasteiger partial charge in [-0.05, 0) is 48.2 Å². The van der Waals surface area contributed by atoms with E-state index in [4.69, 9.17) is 4.74 Å². The second-order valence-corrected chi connectivity index (χ2v) is 6.62. The largest absolute Gasteiger partial charge is 0.494 e. The lowest BCUT2D eigenvalue weighted by Crippen LogP contribution is -2.20. The highest BCUT2D eigenvalue weighted by molar-refractivity contribution is 5.93. The van der Waals surface area contributed by atoms with Gasteiger partial charge in [0.2, 0.25) is 11.8 Å². The van der Waals surface area contributed by atoms with Gasteiger partial charge in [-0.2, -0.15) is 5.10 Å². The van der Waals surface area contributed by atoms with E-state index in [0.29, 0.717) is 18.2 Å². The summed E-state index contributed by atoms with van der Waals surface area (Å²) in [6.07, 6.45) is 1.73. The first-order valence-electron chi connectivity index (χ1n) is 9.42. The molecule has 0 saturated carbocycles. The monoisotopic (exact) mass is 381 g/mol. The van der Waals surface area contributed by atoms with E-state index >= 15 is 0 Å². The molecule has 0 fully saturated rings. The van der Waals surface area contributed by atoms with Crippen LogP contribution in [0.2, 0.25) is 0 Å². The van der Waals surface area contributed by atoms with Gasteiger partial charge in [-0.3, -0.25) is 9.59 Å². The van der Waals surface area contributed by atoms with Crippen molar-refractivity contribution in [2.75, 3.05) is 11.9 Å². The fraction of sp³-hybridized carbons (Fsp3) is 0.318. The minimum absolute atomic E-state index is 0.0620. The van der Waals surface area contributed by atoms with E-state index in [0.717, 1.165) is 11.3 Å². The van der Waals surface area contributed by atoms with Crippen molar-refractivity contribution >= 4 is 23.7 Å². The molecule has 2 aromatic carbocycles. The number of anilines is 1. The number of nitrogens with zero attached hydrogens (tertiary/aromatic N) is 1. The van der Waals surface area contributed by atoms with E-state index in [-0.39, 0.29) is 24.7 Å². The Morgan fingerprint density at radius 3 is 2.25 bits per heavy atom. The quantitative estimate of drug-likeness (QED) is 0.507. The highest BCUT2D eigenvalue weighted by Gasteiger charge is 2.07. The molecule has 0 unspecified atom stereocenters. The Morgan fingerprint density at radius 2 is 1.64 bits per heavy atom.